The molecular formula is C17H28FN5O. The quantitative estimate of drug-likeness (QED) is 0.590. The number of piperazine rings is 1. The highest BCUT2D eigenvalue weighted by atomic mass is 19.1. The van der Waals surface area contributed by atoms with Gasteiger partial charge in [0, 0.05) is 52.1 Å². The maximum absolute atomic E-state index is 13.0. The van der Waals surface area contributed by atoms with Crippen LogP contribution in [0.4, 0.5) is 10.1 Å². The van der Waals surface area contributed by atoms with Crippen molar-refractivity contribution < 1.29 is 9.13 Å². The Kier molecular flexibility index (Phi) is 7.27. The summed E-state index contributed by atoms with van der Waals surface area (Å²) in [6, 6.07) is 6.63. The van der Waals surface area contributed by atoms with Crippen molar-refractivity contribution in [3.63, 3.8) is 0 Å². The highest BCUT2D eigenvalue weighted by molar-refractivity contribution is 5.78. The van der Waals surface area contributed by atoms with Crippen LogP contribution in [0, 0.1) is 5.82 Å². The molecule has 7 heteroatoms. The van der Waals surface area contributed by atoms with Gasteiger partial charge in [-0.15, -0.1) is 0 Å². The molecule has 1 aromatic carbocycles. The summed E-state index contributed by atoms with van der Waals surface area (Å²) in [6.45, 7) is 6.52. The lowest BCUT2D eigenvalue weighted by Crippen LogP contribution is -2.51. The number of hydrogen-bond acceptors (Lipinski definition) is 4. The second-order valence-corrected chi connectivity index (χ2v) is 5.99. The standard InChI is InChI=1S/C17H28FN5O/c1-21(13-14-24-2)8-7-20-17(19)23-11-9-22(10-12-23)16-5-3-15(18)4-6-16/h3-6H,7-14H2,1-2H3,(H2,19,20). The molecular weight excluding hydrogens is 309 g/mol. The third kappa shape index (κ3) is 5.65. The third-order valence-corrected chi connectivity index (χ3v) is 4.23. The minimum atomic E-state index is -0.204. The van der Waals surface area contributed by atoms with Crippen molar-refractivity contribution in [3.05, 3.63) is 30.1 Å². The van der Waals surface area contributed by atoms with Gasteiger partial charge < -0.3 is 25.2 Å². The number of methoxy groups -OCH3 is 1. The summed E-state index contributed by atoms with van der Waals surface area (Å²) >= 11 is 0. The van der Waals surface area contributed by atoms with Crippen LogP contribution in [0.25, 0.3) is 0 Å². The number of guanidine groups is 1. The Morgan fingerprint density at radius 2 is 1.88 bits per heavy atom. The summed E-state index contributed by atoms with van der Waals surface area (Å²) in [6.07, 6.45) is 0. The molecule has 24 heavy (non-hydrogen) atoms. The van der Waals surface area contributed by atoms with Gasteiger partial charge in [-0.2, -0.15) is 0 Å². The van der Waals surface area contributed by atoms with Gasteiger partial charge in [-0.3, -0.25) is 4.99 Å². The predicted octanol–water partition coefficient (Wildman–Crippen LogP) is 0.841. The first-order chi connectivity index (χ1) is 11.6. The Bertz CT molecular complexity index is 514. The van der Waals surface area contributed by atoms with Gasteiger partial charge in [0.05, 0.1) is 13.2 Å². The molecule has 1 aliphatic heterocycles. The van der Waals surface area contributed by atoms with Gasteiger partial charge in [0.15, 0.2) is 5.96 Å². The number of nitrogens with zero attached hydrogens (tertiary/aromatic N) is 4. The molecule has 1 saturated heterocycles. The molecule has 0 unspecified atom stereocenters. The zero-order valence-corrected chi connectivity index (χ0v) is 14.6. The van der Waals surface area contributed by atoms with Gasteiger partial charge in [-0.05, 0) is 31.3 Å². The number of rotatable bonds is 7. The van der Waals surface area contributed by atoms with E-state index in [9.17, 15) is 4.39 Å². The van der Waals surface area contributed by atoms with Crippen LogP contribution in [0.2, 0.25) is 0 Å². The fourth-order valence-electron chi connectivity index (χ4n) is 2.64. The molecule has 0 atom stereocenters. The first-order valence-electron chi connectivity index (χ1n) is 8.33. The Morgan fingerprint density at radius 1 is 1.21 bits per heavy atom. The second kappa shape index (κ2) is 9.44. The SMILES string of the molecule is COCCN(C)CCN=C(N)N1CCN(c2ccc(F)cc2)CC1. The number of aliphatic imine (C=N–C) groups is 1. The van der Waals surface area contributed by atoms with E-state index in [-0.39, 0.29) is 5.82 Å². The average molecular weight is 337 g/mol. The second-order valence-electron chi connectivity index (χ2n) is 5.99. The molecule has 0 radical (unpaired) electrons. The van der Waals surface area contributed by atoms with E-state index in [0.717, 1.165) is 51.6 Å². The Balaban J connectivity index is 1.74. The van der Waals surface area contributed by atoms with E-state index in [1.165, 1.54) is 12.1 Å². The summed E-state index contributed by atoms with van der Waals surface area (Å²) in [7, 11) is 3.75. The Hall–Kier alpha value is -1.86. The summed E-state index contributed by atoms with van der Waals surface area (Å²) < 4.78 is 18.0. The highest BCUT2D eigenvalue weighted by Gasteiger charge is 2.18. The largest absolute Gasteiger partial charge is 0.383 e. The molecule has 2 N–H and O–H groups in total. The monoisotopic (exact) mass is 337 g/mol. The average Bonchev–Trinajstić information content (AvgIpc) is 2.60. The van der Waals surface area contributed by atoms with Crippen molar-refractivity contribution in [1.29, 1.82) is 0 Å². The van der Waals surface area contributed by atoms with E-state index in [0.29, 0.717) is 12.5 Å². The number of nitrogens with two attached hydrogens (primary N) is 1. The predicted molar refractivity (Wildman–Crippen MR) is 96.0 cm³/mol. The highest BCUT2D eigenvalue weighted by Crippen LogP contribution is 2.16. The molecule has 0 aromatic heterocycles. The van der Waals surface area contributed by atoms with Crippen LogP contribution in [-0.4, -0.2) is 82.3 Å². The first kappa shape index (κ1) is 18.5. The van der Waals surface area contributed by atoms with Crippen LogP contribution in [0.1, 0.15) is 0 Å². The summed E-state index contributed by atoms with van der Waals surface area (Å²) in [5.74, 6) is 0.401. The molecule has 1 fully saturated rings. The number of ether oxygens (including phenoxy) is 1. The van der Waals surface area contributed by atoms with E-state index in [4.69, 9.17) is 10.5 Å². The minimum Gasteiger partial charge on any atom is -0.383 e. The molecule has 0 spiro atoms. The lowest BCUT2D eigenvalue weighted by molar-refractivity contribution is 0.163. The van der Waals surface area contributed by atoms with Crippen LogP contribution in [-0.2, 0) is 4.74 Å². The van der Waals surface area contributed by atoms with Gasteiger partial charge >= 0.3 is 0 Å². The fraction of sp³-hybridized carbons (Fsp3) is 0.588. The summed E-state index contributed by atoms with van der Waals surface area (Å²) in [5, 5.41) is 0. The summed E-state index contributed by atoms with van der Waals surface area (Å²) in [4.78, 5) is 11.0. The first-order valence-corrected chi connectivity index (χ1v) is 8.33. The van der Waals surface area contributed by atoms with Crippen molar-refractivity contribution >= 4 is 11.6 Å². The van der Waals surface area contributed by atoms with Crippen LogP contribution in [0.15, 0.2) is 29.3 Å². The van der Waals surface area contributed by atoms with Crippen LogP contribution >= 0.6 is 0 Å². The molecule has 6 nitrogen and oxygen atoms in total. The van der Waals surface area contributed by atoms with Crippen molar-refractivity contribution in [1.82, 2.24) is 9.80 Å². The molecule has 1 heterocycles. The maximum atomic E-state index is 13.0. The van der Waals surface area contributed by atoms with Crippen LogP contribution in [0.5, 0.6) is 0 Å². The zero-order valence-electron chi connectivity index (χ0n) is 14.6. The van der Waals surface area contributed by atoms with Crippen molar-refractivity contribution in [2.24, 2.45) is 10.7 Å². The topological polar surface area (TPSA) is 57.3 Å². The van der Waals surface area contributed by atoms with Crippen molar-refractivity contribution in [2.45, 2.75) is 0 Å². The van der Waals surface area contributed by atoms with Gasteiger partial charge in [-0.1, -0.05) is 0 Å². The third-order valence-electron chi connectivity index (χ3n) is 4.23. The Labute approximate surface area is 143 Å². The smallest absolute Gasteiger partial charge is 0.191 e. The Morgan fingerprint density at radius 3 is 2.50 bits per heavy atom. The van der Waals surface area contributed by atoms with Crippen molar-refractivity contribution in [2.75, 3.05) is 71.5 Å². The van der Waals surface area contributed by atoms with Gasteiger partial charge in [0.1, 0.15) is 5.82 Å². The molecule has 0 bridgehead atoms. The van der Waals surface area contributed by atoms with Crippen molar-refractivity contribution in [3.8, 4) is 0 Å². The lowest BCUT2D eigenvalue weighted by atomic mass is 10.2. The number of halogens is 1. The van der Waals surface area contributed by atoms with Gasteiger partial charge in [0.2, 0.25) is 0 Å². The van der Waals surface area contributed by atoms with Crippen LogP contribution < -0.4 is 10.6 Å². The maximum Gasteiger partial charge on any atom is 0.191 e. The summed E-state index contributed by atoms with van der Waals surface area (Å²) in [5.41, 5.74) is 7.15. The number of hydrogen-bond donors (Lipinski definition) is 1. The number of anilines is 1. The lowest BCUT2D eigenvalue weighted by Gasteiger charge is -2.36. The van der Waals surface area contributed by atoms with E-state index < -0.39 is 0 Å². The normalized spacial score (nSPS) is 16.1. The zero-order chi connectivity index (χ0) is 17.4. The molecule has 1 aromatic rings. The van der Waals surface area contributed by atoms with Gasteiger partial charge in [-0.25, -0.2) is 4.39 Å². The number of benzene rings is 1. The number of likely N-dealkylation sites (N-methyl/N-ethyl adjacent to an activating group) is 1. The molecule has 2 rings (SSSR count). The van der Waals surface area contributed by atoms with E-state index in [2.05, 4.69) is 19.7 Å². The molecule has 134 valence electrons. The fourth-order valence-corrected chi connectivity index (χ4v) is 2.64. The van der Waals surface area contributed by atoms with E-state index in [1.807, 2.05) is 19.2 Å². The molecule has 0 aliphatic carbocycles. The molecule has 1 aliphatic rings. The van der Waals surface area contributed by atoms with Gasteiger partial charge in [0.25, 0.3) is 0 Å². The van der Waals surface area contributed by atoms with E-state index >= 15 is 0 Å². The minimum absolute atomic E-state index is 0.204. The van der Waals surface area contributed by atoms with E-state index in [1.54, 1.807) is 7.11 Å². The molecule has 0 saturated carbocycles. The molecule has 0 amide bonds. The van der Waals surface area contributed by atoms with Crippen LogP contribution in [0.3, 0.4) is 0 Å².